The highest BCUT2D eigenvalue weighted by Crippen LogP contribution is 2.36. The van der Waals surface area contributed by atoms with Crippen LogP contribution in [0.2, 0.25) is 0 Å². The predicted octanol–water partition coefficient (Wildman–Crippen LogP) is 6.75. The molecule has 0 aliphatic carbocycles. The summed E-state index contributed by atoms with van der Waals surface area (Å²) in [7, 11) is -8.30. The molecule has 0 saturated carbocycles. The van der Waals surface area contributed by atoms with Gasteiger partial charge in [0.25, 0.3) is 0 Å². The predicted molar refractivity (Wildman–Crippen MR) is 139 cm³/mol. The Morgan fingerprint density at radius 1 is 0.629 bits per heavy atom. The Morgan fingerprint density at radius 2 is 1.09 bits per heavy atom. The third kappa shape index (κ3) is 7.81. The van der Waals surface area contributed by atoms with Crippen LogP contribution < -0.4 is 8.37 Å². The Labute approximate surface area is 213 Å². The first-order valence-corrected chi connectivity index (χ1v) is 15.6. The lowest BCUT2D eigenvalue weighted by Gasteiger charge is -2.10. The maximum atomic E-state index is 12.8. The summed E-state index contributed by atoms with van der Waals surface area (Å²) in [6.45, 7) is 4.17. The molecule has 6 nitrogen and oxygen atoms in total. The molecule has 0 N–H and O–H groups in total. The molecule has 3 aromatic rings. The Balaban J connectivity index is 1.64. The second-order valence-electron chi connectivity index (χ2n) is 8.33. The number of rotatable bonds is 14. The van der Waals surface area contributed by atoms with E-state index in [0.717, 1.165) is 48.1 Å². The molecule has 3 rings (SSSR count). The maximum Gasteiger partial charge on any atom is 0.339 e. The average molecular weight is 537 g/mol. The van der Waals surface area contributed by atoms with Gasteiger partial charge in [0.15, 0.2) is 11.5 Å². The highest BCUT2D eigenvalue weighted by atomic mass is 32.2. The Bertz CT molecular complexity index is 1280. The number of benzene rings is 2. The molecular formula is C26H32O6S3. The van der Waals surface area contributed by atoms with Crippen molar-refractivity contribution in [1.82, 2.24) is 0 Å². The summed E-state index contributed by atoms with van der Waals surface area (Å²) in [6, 6.07) is 13.0. The summed E-state index contributed by atoms with van der Waals surface area (Å²) >= 11 is 1.08. The van der Waals surface area contributed by atoms with Crippen LogP contribution in [-0.2, 0) is 33.1 Å². The van der Waals surface area contributed by atoms with Gasteiger partial charge < -0.3 is 8.37 Å². The summed E-state index contributed by atoms with van der Waals surface area (Å²) < 4.78 is 61.4. The highest BCUT2D eigenvalue weighted by molar-refractivity contribution is 7.87. The van der Waals surface area contributed by atoms with Gasteiger partial charge in [0.1, 0.15) is 9.79 Å². The molecule has 0 atom stereocenters. The second kappa shape index (κ2) is 12.6. The monoisotopic (exact) mass is 536 g/mol. The minimum atomic E-state index is -4.16. The van der Waals surface area contributed by atoms with Crippen LogP contribution in [0.15, 0.2) is 69.1 Å². The summed E-state index contributed by atoms with van der Waals surface area (Å²) in [5.41, 5.74) is 2.06. The summed E-state index contributed by atoms with van der Waals surface area (Å²) in [5, 5.41) is 2.79. The first kappa shape index (κ1) is 27.2. The largest absolute Gasteiger partial charge is 0.374 e. The van der Waals surface area contributed by atoms with Crippen molar-refractivity contribution in [2.75, 3.05) is 0 Å². The van der Waals surface area contributed by atoms with E-state index in [1.165, 1.54) is 60.7 Å². The van der Waals surface area contributed by atoms with E-state index in [0.29, 0.717) is 0 Å². The third-order valence-corrected chi connectivity index (χ3v) is 8.84. The molecule has 0 fully saturated rings. The van der Waals surface area contributed by atoms with E-state index in [4.69, 9.17) is 8.37 Å². The van der Waals surface area contributed by atoms with Gasteiger partial charge in [0, 0.05) is 10.8 Å². The van der Waals surface area contributed by atoms with Crippen molar-refractivity contribution < 1.29 is 25.2 Å². The van der Waals surface area contributed by atoms with Crippen molar-refractivity contribution in [3.63, 3.8) is 0 Å². The Morgan fingerprint density at radius 3 is 1.57 bits per heavy atom. The van der Waals surface area contributed by atoms with Crippen LogP contribution in [0, 0.1) is 0 Å². The Hall–Kier alpha value is -2.36. The normalized spacial score (nSPS) is 11.9. The molecule has 190 valence electrons. The van der Waals surface area contributed by atoms with Crippen molar-refractivity contribution >= 4 is 31.6 Å². The van der Waals surface area contributed by atoms with E-state index in [-0.39, 0.29) is 21.3 Å². The zero-order chi connectivity index (χ0) is 25.3. The number of unbranched alkanes of at least 4 members (excludes halogenated alkanes) is 5. The number of aryl methyl sites for hydroxylation is 2. The zero-order valence-corrected chi connectivity index (χ0v) is 22.6. The molecule has 0 bridgehead atoms. The van der Waals surface area contributed by atoms with Gasteiger partial charge in [-0.25, -0.2) is 0 Å². The lowest BCUT2D eigenvalue weighted by molar-refractivity contribution is 0.451. The quantitative estimate of drug-likeness (QED) is 0.167. The van der Waals surface area contributed by atoms with Crippen molar-refractivity contribution in [3.8, 4) is 11.5 Å². The van der Waals surface area contributed by atoms with Gasteiger partial charge in [-0.15, -0.1) is 11.3 Å². The van der Waals surface area contributed by atoms with E-state index < -0.39 is 20.2 Å². The van der Waals surface area contributed by atoms with Crippen LogP contribution in [0.5, 0.6) is 11.5 Å². The summed E-state index contributed by atoms with van der Waals surface area (Å²) in [4.78, 5) is -0.0185. The molecule has 0 unspecified atom stereocenters. The molecule has 9 heteroatoms. The van der Waals surface area contributed by atoms with Gasteiger partial charge in [0.05, 0.1) is 0 Å². The van der Waals surface area contributed by atoms with Gasteiger partial charge >= 0.3 is 20.2 Å². The molecule has 35 heavy (non-hydrogen) atoms. The molecule has 0 amide bonds. The molecule has 1 heterocycles. The fourth-order valence-corrected chi connectivity index (χ4v) is 6.18. The molecule has 0 spiro atoms. The molecule has 1 aromatic heterocycles. The fraction of sp³-hybridized carbons (Fsp3) is 0.385. The minimum absolute atomic E-state index is 0.000595. The van der Waals surface area contributed by atoms with Crippen LogP contribution in [-0.4, -0.2) is 16.8 Å². The molecule has 0 radical (unpaired) electrons. The SMILES string of the molecule is CCCCCCCCc1ccc(S(=O)(=O)Oc2cscc2OS(=O)(=O)c2ccc(CC)cc2)cc1. The van der Waals surface area contributed by atoms with Gasteiger partial charge in [-0.1, -0.05) is 70.2 Å². The molecule has 0 aliphatic rings. The third-order valence-electron chi connectivity index (χ3n) is 5.64. The van der Waals surface area contributed by atoms with Gasteiger partial charge in [0.2, 0.25) is 0 Å². The van der Waals surface area contributed by atoms with E-state index in [1.54, 1.807) is 24.3 Å². The molecule has 0 aliphatic heterocycles. The van der Waals surface area contributed by atoms with Crippen molar-refractivity contribution in [3.05, 3.63) is 70.4 Å². The van der Waals surface area contributed by atoms with Gasteiger partial charge in [-0.3, -0.25) is 0 Å². The van der Waals surface area contributed by atoms with Crippen LogP contribution in [0.25, 0.3) is 0 Å². The fourth-order valence-electron chi connectivity index (χ4n) is 3.55. The minimum Gasteiger partial charge on any atom is -0.374 e. The molecule has 0 saturated heterocycles. The lowest BCUT2D eigenvalue weighted by Crippen LogP contribution is -2.13. The van der Waals surface area contributed by atoms with E-state index in [9.17, 15) is 16.8 Å². The summed E-state index contributed by atoms with van der Waals surface area (Å²) in [6.07, 6.45) is 8.87. The van der Waals surface area contributed by atoms with Crippen LogP contribution >= 0.6 is 11.3 Å². The summed E-state index contributed by atoms with van der Waals surface area (Å²) in [5.74, 6) is -0.335. The van der Waals surface area contributed by atoms with Gasteiger partial charge in [-0.2, -0.15) is 16.8 Å². The van der Waals surface area contributed by atoms with E-state index in [1.807, 2.05) is 6.92 Å². The first-order valence-electron chi connectivity index (χ1n) is 11.9. The number of thiophene rings is 1. The second-order valence-corrected chi connectivity index (χ2v) is 12.2. The topological polar surface area (TPSA) is 86.7 Å². The smallest absolute Gasteiger partial charge is 0.339 e. The van der Waals surface area contributed by atoms with Crippen LogP contribution in [0.3, 0.4) is 0 Å². The highest BCUT2D eigenvalue weighted by Gasteiger charge is 2.24. The zero-order valence-electron chi connectivity index (χ0n) is 20.1. The van der Waals surface area contributed by atoms with E-state index in [2.05, 4.69) is 6.92 Å². The molecule has 2 aromatic carbocycles. The van der Waals surface area contributed by atoms with Crippen molar-refractivity contribution in [1.29, 1.82) is 0 Å². The van der Waals surface area contributed by atoms with Crippen molar-refractivity contribution in [2.45, 2.75) is 75.0 Å². The van der Waals surface area contributed by atoms with Crippen molar-refractivity contribution in [2.24, 2.45) is 0 Å². The number of hydrogen-bond donors (Lipinski definition) is 0. The van der Waals surface area contributed by atoms with Crippen LogP contribution in [0.1, 0.15) is 63.5 Å². The standard InChI is InChI=1S/C26H32O6S3/c1-3-5-6-7-8-9-10-22-13-17-24(18-14-22)35(29,30)32-26-20-33-19-25(26)31-34(27,28)23-15-11-21(4-2)12-16-23/h11-20H,3-10H2,1-2H3. The number of hydrogen-bond acceptors (Lipinski definition) is 7. The Kier molecular flexibility index (Phi) is 9.77. The van der Waals surface area contributed by atoms with Gasteiger partial charge in [-0.05, 0) is 54.7 Å². The maximum absolute atomic E-state index is 12.8. The first-order chi connectivity index (χ1) is 16.7. The van der Waals surface area contributed by atoms with Crippen LogP contribution in [0.4, 0.5) is 0 Å². The van der Waals surface area contributed by atoms with E-state index >= 15 is 0 Å². The average Bonchev–Trinajstić information content (AvgIpc) is 3.26. The lowest BCUT2D eigenvalue weighted by atomic mass is 10.1. The molecular weight excluding hydrogens is 504 g/mol.